The summed E-state index contributed by atoms with van der Waals surface area (Å²) < 4.78 is 8.19. The summed E-state index contributed by atoms with van der Waals surface area (Å²) in [6, 6.07) is 21.8. The monoisotopic (exact) mass is 475 g/mol. The van der Waals surface area contributed by atoms with Crippen molar-refractivity contribution >= 4 is 28.5 Å². The normalized spacial score (nSPS) is 11.0. The van der Waals surface area contributed by atoms with Gasteiger partial charge >= 0.3 is 0 Å². The summed E-state index contributed by atoms with van der Waals surface area (Å²) in [7, 11) is 0. The summed E-state index contributed by atoms with van der Waals surface area (Å²) in [5.74, 6) is 1.86. The number of amides is 1. The van der Waals surface area contributed by atoms with Gasteiger partial charge in [-0.25, -0.2) is 4.98 Å². The molecule has 176 valence electrons. The molecule has 0 spiro atoms. The minimum atomic E-state index is 0.0504. The highest BCUT2D eigenvalue weighted by molar-refractivity contribution is 6.31. The van der Waals surface area contributed by atoms with Gasteiger partial charge in [-0.15, -0.1) is 0 Å². The Morgan fingerprint density at radius 3 is 2.65 bits per heavy atom. The van der Waals surface area contributed by atoms with Crippen LogP contribution in [0.15, 0.2) is 66.7 Å². The molecule has 0 aliphatic rings. The molecule has 5 nitrogen and oxygen atoms in total. The number of carbonyl (C=O) groups excluding carboxylic acids is 1. The van der Waals surface area contributed by atoms with E-state index in [1.165, 1.54) is 0 Å². The predicted octanol–water partition coefficient (Wildman–Crippen LogP) is 5.68. The van der Waals surface area contributed by atoms with Crippen LogP contribution in [0.1, 0.15) is 28.9 Å². The topological polar surface area (TPSA) is 56.1 Å². The lowest BCUT2D eigenvalue weighted by atomic mass is 10.1. The van der Waals surface area contributed by atoms with Gasteiger partial charge < -0.3 is 14.6 Å². The lowest BCUT2D eigenvalue weighted by Crippen LogP contribution is -2.26. The summed E-state index contributed by atoms with van der Waals surface area (Å²) in [6.45, 7) is 5.84. The lowest BCUT2D eigenvalue weighted by molar-refractivity contribution is -0.120. The maximum atomic E-state index is 12.3. The smallest absolute Gasteiger partial charge is 0.224 e. The minimum absolute atomic E-state index is 0.0504. The molecule has 6 heteroatoms. The Bertz CT molecular complexity index is 1280. The molecule has 0 atom stereocenters. The molecule has 0 saturated carbocycles. The van der Waals surface area contributed by atoms with E-state index >= 15 is 0 Å². The molecule has 0 unspecified atom stereocenters. The van der Waals surface area contributed by atoms with E-state index in [-0.39, 0.29) is 5.91 Å². The quantitative estimate of drug-likeness (QED) is 0.300. The summed E-state index contributed by atoms with van der Waals surface area (Å²) >= 11 is 6.12. The first kappa shape index (κ1) is 23.8. The number of aryl methyl sites for hydroxylation is 3. The molecule has 0 bridgehead atoms. The Hall–Kier alpha value is -3.31. The summed E-state index contributed by atoms with van der Waals surface area (Å²) in [5.41, 5.74) is 5.28. The van der Waals surface area contributed by atoms with Crippen molar-refractivity contribution in [3.8, 4) is 5.75 Å². The highest BCUT2D eigenvalue weighted by Crippen LogP contribution is 2.22. The van der Waals surface area contributed by atoms with Gasteiger partial charge in [0.2, 0.25) is 5.91 Å². The molecular weight excluding hydrogens is 446 g/mol. The molecular formula is C28H30ClN3O2. The fourth-order valence-corrected chi connectivity index (χ4v) is 4.16. The molecule has 4 aromatic rings. The van der Waals surface area contributed by atoms with Gasteiger partial charge in [0.25, 0.3) is 0 Å². The number of nitrogens with zero attached hydrogens (tertiary/aromatic N) is 2. The summed E-state index contributed by atoms with van der Waals surface area (Å²) in [6.07, 6.45) is 2.01. The molecule has 0 aliphatic carbocycles. The van der Waals surface area contributed by atoms with Gasteiger partial charge in [0, 0.05) is 18.0 Å². The molecule has 0 fully saturated rings. The summed E-state index contributed by atoms with van der Waals surface area (Å²) in [4.78, 5) is 17.2. The second kappa shape index (κ2) is 11.2. The highest BCUT2D eigenvalue weighted by atomic mass is 35.5. The van der Waals surface area contributed by atoms with E-state index in [1.807, 2.05) is 74.5 Å². The van der Waals surface area contributed by atoms with E-state index in [0.717, 1.165) is 57.2 Å². The van der Waals surface area contributed by atoms with Gasteiger partial charge in [-0.2, -0.15) is 0 Å². The third kappa shape index (κ3) is 5.97. The van der Waals surface area contributed by atoms with Crippen LogP contribution in [-0.4, -0.2) is 28.6 Å². The SMILES string of the molecule is Cc1cc(OCCn2c(CCCNC(=O)Cc3ccccc3C)nc3ccccc32)ccc1Cl. The first-order valence-corrected chi connectivity index (χ1v) is 12.0. The molecule has 3 aromatic carbocycles. The zero-order valence-electron chi connectivity index (χ0n) is 19.7. The number of aromatic nitrogens is 2. The zero-order valence-corrected chi connectivity index (χ0v) is 20.4. The van der Waals surface area contributed by atoms with Crippen LogP contribution < -0.4 is 10.1 Å². The number of ether oxygens (including phenoxy) is 1. The first-order chi connectivity index (χ1) is 16.5. The largest absolute Gasteiger partial charge is 0.492 e. The fourth-order valence-electron chi connectivity index (χ4n) is 4.05. The molecule has 1 amide bonds. The Balaban J connectivity index is 1.33. The fraction of sp³-hybridized carbons (Fsp3) is 0.286. The number of fused-ring (bicyclic) bond motifs is 1. The predicted molar refractivity (Wildman–Crippen MR) is 138 cm³/mol. The van der Waals surface area contributed by atoms with Gasteiger partial charge in [-0.05, 0) is 67.3 Å². The van der Waals surface area contributed by atoms with Crippen molar-refractivity contribution in [3.05, 3.63) is 94.3 Å². The molecule has 34 heavy (non-hydrogen) atoms. The van der Waals surface area contributed by atoms with Crippen molar-refractivity contribution in [2.45, 2.75) is 39.7 Å². The van der Waals surface area contributed by atoms with Crippen molar-refractivity contribution in [1.29, 1.82) is 0 Å². The van der Waals surface area contributed by atoms with Crippen LogP contribution in [-0.2, 0) is 24.2 Å². The van der Waals surface area contributed by atoms with E-state index < -0.39 is 0 Å². The van der Waals surface area contributed by atoms with Crippen LogP contribution in [0.2, 0.25) is 5.02 Å². The Labute approximate surface area is 205 Å². The molecule has 1 heterocycles. The second-order valence-corrected chi connectivity index (χ2v) is 8.89. The molecule has 4 rings (SSSR count). The summed E-state index contributed by atoms with van der Waals surface area (Å²) in [5, 5.41) is 3.78. The lowest BCUT2D eigenvalue weighted by Gasteiger charge is -2.12. The molecule has 0 saturated heterocycles. The van der Waals surface area contributed by atoms with Gasteiger partial charge in [0.05, 0.1) is 24.0 Å². The van der Waals surface area contributed by atoms with Crippen molar-refractivity contribution in [3.63, 3.8) is 0 Å². The Kier molecular flexibility index (Phi) is 7.86. The average molecular weight is 476 g/mol. The third-order valence-corrected chi connectivity index (χ3v) is 6.38. The maximum absolute atomic E-state index is 12.3. The number of hydrogen-bond acceptors (Lipinski definition) is 3. The number of imidazole rings is 1. The van der Waals surface area contributed by atoms with Gasteiger partial charge in [-0.1, -0.05) is 48.0 Å². The standard InChI is InChI=1S/C28H30ClN3O2/c1-20-8-3-4-9-22(20)19-28(33)30-15-7-12-27-31-25-10-5-6-11-26(25)32(27)16-17-34-23-13-14-24(29)21(2)18-23/h3-6,8-11,13-14,18H,7,12,15-17,19H2,1-2H3,(H,30,33). The van der Waals surface area contributed by atoms with Crippen molar-refractivity contribution < 1.29 is 9.53 Å². The van der Waals surface area contributed by atoms with E-state index in [9.17, 15) is 4.79 Å². The van der Waals surface area contributed by atoms with Crippen LogP contribution >= 0.6 is 11.6 Å². The van der Waals surface area contributed by atoms with E-state index in [0.29, 0.717) is 26.1 Å². The highest BCUT2D eigenvalue weighted by Gasteiger charge is 2.11. The number of nitrogens with one attached hydrogen (secondary N) is 1. The number of halogens is 1. The van der Waals surface area contributed by atoms with E-state index in [4.69, 9.17) is 21.3 Å². The number of hydrogen-bond donors (Lipinski definition) is 1. The van der Waals surface area contributed by atoms with Crippen LogP contribution in [0, 0.1) is 13.8 Å². The second-order valence-electron chi connectivity index (χ2n) is 8.48. The van der Waals surface area contributed by atoms with E-state index in [1.54, 1.807) is 0 Å². The van der Waals surface area contributed by atoms with Gasteiger partial charge in [0.15, 0.2) is 0 Å². The van der Waals surface area contributed by atoms with E-state index in [2.05, 4.69) is 16.0 Å². The third-order valence-electron chi connectivity index (χ3n) is 5.96. The Morgan fingerprint density at radius 1 is 1.03 bits per heavy atom. The first-order valence-electron chi connectivity index (χ1n) is 11.7. The van der Waals surface area contributed by atoms with Crippen LogP contribution in [0.5, 0.6) is 5.75 Å². The number of carbonyl (C=O) groups is 1. The van der Waals surface area contributed by atoms with Crippen molar-refractivity contribution in [1.82, 2.24) is 14.9 Å². The van der Waals surface area contributed by atoms with Crippen LogP contribution in [0.25, 0.3) is 11.0 Å². The molecule has 0 radical (unpaired) electrons. The van der Waals surface area contributed by atoms with Crippen LogP contribution in [0.4, 0.5) is 0 Å². The zero-order chi connectivity index (χ0) is 23.9. The molecule has 0 aliphatic heterocycles. The number of rotatable bonds is 10. The molecule has 1 aromatic heterocycles. The van der Waals surface area contributed by atoms with Gasteiger partial charge in [-0.3, -0.25) is 4.79 Å². The molecule has 1 N–H and O–H groups in total. The van der Waals surface area contributed by atoms with Crippen molar-refractivity contribution in [2.75, 3.05) is 13.2 Å². The minimum Gasteiger partial charge on any atom is -0.492 e. The maximum Gasteiger partial charge on any atom is 0.224 e. The van der Waals surface area contributed by atoms with Crippen LogP contribution in [0.3, 0.4) is 0 Å². The number of para-hydroxylation sites is 2. The number of benzene rings is 3. The van der Waals surface area contributed by atoms with Crippen molar-refractivity contribution in [2.24, 2.45) is 0 Å². The van der Waals surface area contributed by atoms with Gasteiger partial charge in [0.1, 0.15) is 18.2 Å². The average Bonchev–Trinajstić information content (AvgIpc) is 3.18. The Morgan fingerprint density at radius 2 is 1.82 bits per heavy atom.